The molecule has 2 aromatic rings. The summed E-state index contributed by atoms with van der Waals surface area (Å²) in [6.45, 7) is 0.573. The summed E-state index contributed by atoms with van der Waals surface area (Å²) in [5.74, 6) is 0.0919. The molecule has 0 unspecified atom stereocenters. The molecule has 1 N–H and O–H groups in total. The molecule has 0 aliphatic heterocycles. The van der Waals surface area contributed by atoms with Crippen LogP contribution in [0.15, 0.2) is 41.1 Å². The maximum absolute atomic E-state index is 12.0. The van der Waals surface area contributed by atoms with E-state index in [-0.39, 0.29) is 5.91 Å². The predicted molar refractivity (Wildman–Crippen MR) is 72.9 cm³/mol. The van der Waals surface area contributed by atoms with Gasteiger partial charge in [-0.1, -0.05) is 28.1 Å². The number of rotatable bonds is 4. The van der Waals surface area contributed by atoms with Gasteiger partial charge in [0, 0.05) is 29.8 Å². The lowest BCUT2D eigenvalue weighted by Crippen LogP contribution is -2.27. The zero-order valence-corrected chi connectivity index (χ0v) is 11.6. The summed E-state index contributed by atoms with van der Waals surface area (Å²) < 4.78 is 0.991. The number of likely N-dealkylation sites (N-methyl/N-ethyl adjacent to an activating group) is 1. The molecule has 1 aromatic carbocycles. The van der Waals surface area contributed by atoms with Crippen molar-refractivity contribution in [2.45, 2.75) is 13.0 Å². The van der Waals surface area contributed by atoms with Crippen LogP contribution in [0.4, 0.5) is 0 Å². The van der Waals surface area contributed by atoms with Crippen LogP contribution in [0.25, 0.3) is 0 Å². The minimum absolute atomic E-state index is 0.0919. The Morgan fingerprint density at radius 3 is 2.94 bits per heavy atom. The van der Waals surface area contributed by atoms with E-state index in [4.69, 9.17) is 0 Å². The Kier molecular flexibility index (Phi) is 4.15. The van der Waals surface area contributed by atoms with Crippen LogP contribution < -0.4 is 0 Å². The second-order valence-corrected chi connectivity index (χ2v) is 5.08. The first-order valence-corrected chi connectivity index (χ1v) is 6.40. The summed E-state index contributed by atoms with van der Waals surface area (Å²) in [4.78, 5) is 13.7. The Bertz CT molecular complexity index is 525. The summed E-state index contributed by atoms with van der Waals surface area (Å²) in [5.41, 5.74) is 2.01. The number of nitrogens with zero attached hydrogens (tertiary/aromatic N) is 2. The van der Waals surface area contributed by atoms with Gasteiger partial charge in [-0.25, -0.2) is 0 Å². The lowest BCUT2D eigenvalue weighted by Gasteiger charge is -2.16. The number of aromatic nitrogens is 2. The fourth-order valence-corrected chi connectivity index (χ4v) is 2.13. The van der Waals surface area contributed by atoms with Crippen molar-refractivity contribution < 1.29 is 4.79 Å². The van der Waals surface area contributed by atoms with E-state index in [1.165, 1.54) is 0 Å². The van der Waals surface area contributed by atoms with Gasteiger partial charge >= 0.3 is 0 Å². The molecule has 0 fully saturated rings. The summed E-state index contributed by atoms with van der Waals surface area (Å²) >= 11 is 3.40. The molecule has 0 spiro atoms. The number of aromatic amines is 1. The minimum Gasteiger partial charge on any atom is -0.341 e. The van der Waals surface area contributed by atoms with E-state index in [0.717, 1.165) is 15.6 Å². The van der Waals surface area contributed by atoms with Crippen molar-refractivity contribution in [3.8, 4) is 0 Å². The highest BCUT2D eigenvalue weighted by Crippen LogP contribution is 2.13. The van der Waals surface area contributed by atoms with Crippen LogP contribution in [0.3, 0.4) is 0 Å². The standard InChI is InChI=1S/C13H14BrN3O/c1-17(9-11-7-15-16-8-11)13(18)6-10-3-2-4-12(14)5-10/h2-5,7-8H,6,9H2,1H3,(H,15,16). The predicted octanol–water partition coefficient (Wildman–Crippen LogP) is 2.37. The van der Waals surface area contributed by atoms with Crippen LogP contribution in [-0.4, -0.2) is 28.1 Å². The molecule has 0 aliphatic carbocycles. The molecule has 2 rings (SSSR count). The number of carbonyl (C=O) groups is 1. The maximum Gasteiger partial charge on any atom is 0.227 e. The van der Waals surface area contributed by atoms with E-state index in [2.05, 4.69) is 26.1 Å². The first kappa shape index (κ1) is 12.8. The maximum atomic E-state index is 12.0. The Morgan fingerprint density at radius 1 is 1.44 bits per heavy atom. The van der Waals surface area contributed by atoms with Gasteiger partial charge in [-0.2, -0.15) is 5.10 Å². The molecule has 0 radical (unpaired) electrons. The normalized spacial score (nSPS) is 10.3. The molecule has 0 saturated heterocycles. The minimum atomic E-state index is 0.0919. The van der Waals surface area contributed by atoms with E-state index >= 15 is 0 Å². The zero-order valence-electron chi connectivity index (χ0n) is 10.1. The number of hydrogen-bond acceptors (Lipinski definition) is 2. The van der Waals surface area contributed by atoms with Crippen molar-refractivity contribution in [1.29, 1.82) is 0 Å². The number of halogens is 1. The fourth-order valence-electron chi connectivity index (χ4n) is 1.68. The number of hydrogen-bond donors (Lipinski definition) is 1. The molecule has 1 amide bonds. The topological polar surface area (TPSA) is 49.0 Å². The molecule has 5 heteroatoms. The molecule has 0 aliphatic rings. The second kappa shape index (κ2) is 5.82. The van der Waals surface area contributed by atoms with Gasteiger partial charge in [-0.05, 0) is 17.7 Å². The number of amides is 1. The lowest BCUT2D eigenvalue weighted by atomic mass is 10.1. The van der Waals surface area contributed by atoms with Gasteiger partial charge in [0.2, 0.25) is 5.91 Å². The van der Waals surface area contributed by atoms with Gasteiger partial charge in [0.1, 0.15) is 0 Å². The van der Waals surface area contributed by atoms with Crippen LogP contribution in [0.1, 0.15) is 11.1 Å². The zero-order chi connectivity index (χ0) is 13.0. The average molecular weight is 308 g/mol. The molecule has 1 aromatic heterocycles. The molecule has 0 saturated carbocycles. The smallest absolute Gasteiger partial charge is 0.227 e. The molecular formula is C13H14BrN3O. The largest absolute Gasteiger partial charge is 0.341 e. The van der Waals surface area contributed by atoms with Crippen molar-refractivity contribution in [2.75, 3.05) is 7.05 Å². The number of nitrogens with one attached hydrogen (secondary N) is 1. The summed E-state index contributed by atoms with van der Waals surface area (Å²) in [6.07, 6.45) is 3.93. The lowest BCUT2D eigenvalue weighted by molar-refractivity contribution is -0.129. The van der Waals surface area contributed by atoms with E-state index in [1.54, 1.807) is 24.3 Å². The molecular weight excluding hydrogens is 294 g/mol. The van der Waals surface area contributed by atoms with Crippen molar-refractivity contribution >= 4 is 21.8 Å². The van der Waals surface area contributed by atoms with E-state index in [1.807, 2.05) is 24.3 Å². The van der Waals surface area contributed by atoms with Crippen LogP contribution >= 0.6 is 15.9 Å². The van der Waals surface area contributed by atoms with E-state index in [0.29, 0.717) is 13.0 Å². The third kappa shape index (κ3) is 3.43. The Balaban J connectivity index is 1.95. The monoisotopic (exact) mass is 307 g/mol. The second-order valence-electron chi connectivity index (χ2n) is 4.16. The molecule has 4 nitrogen and oxygen atoms in total. The van der Waals surface area contributed by atoms with Crippen LogP contribution in [0, 0.1) is 0 Å². The summed E-state index contributed by atoms with van der Waals surface area (Å²) in [7, 11) is 1.80. The quantitative estimate of drug-likeness (QED) is 0.943. The number of carbonyl (C=O) groups excluding carboxylic acids is 1. The number of benzene rings is 1. The fraction of sp³-hybridized carbons (Fsp3) is 0.231. The SMILES string of the molecule is CN(Cc1cn[nH]c1)C(=O)Cc1cccc(Br)c1. The van der Waals surface area contributed by atoms with Crippen molar-refractivity contribution in [2.24, 2.45) is 0 Å². The van der Waals surface area contributed by atoms with Gasteiger partial charge < -0.3 is 4.90 Å². The Hall–Kier alpha value is -1.62. The van der Waals surface area contributed by atoms with Gasteiger partial charge in [0.05, 0.1) is 12.6 Å². The average Bonchev–Trinajstić information content (AvgIpc) is 2.81. The van der Waals surface area contributed by atoms with Crippen LogP contribution in [0.2, 0.25) is 0 Å². The third-order valence-corrected chi connectivity index (χ3v) is 3.14. The third-order valence-electron chi connectivity index (χ3n) is 2.64. The van der Waals surface area contributed by atoms with Crippen molar-refractivity contribution in [3.05, 3.63) is 52.3 Å². The van der Waals surface area contributed by atoms with E-state index < -0.39 is 0 Å². The van der Waals surface area contributed by atoms with Gasteiger partial charge in [0.25, 0.3) is 0 Å². The Labute approximate surface area is 114 Å². The highest BCUT2D eigenvalue weighted by atomic mass is 79.9. The molecule has 0 bridgehead atoms. The molecule has 1 heterocycles. The van der Waals surface area contributed by atoms with Gasteiger partial charge in [-0.15, -0.1) is 0 Å². The first-order chi connectivity index (χ1) is 8.65. The summed E-state index contributed by atoms with van der Waals surface area (Å²) in [5, 5.41) is 6.60. The van der Waals surface area contributed by atoms with Gasteiger partial charge in [0.15, 0.2) is 0 Å². The highest BCUT2D eigenvalue weighted by molar-refractivity contribution is 9.10. The van der Waals surface area contributed by atoms with Crippen molar-refractivity contribution in [1.82, 2.24) is 15.1 Å². The van der Waals surface area contributed by atoms with Gasteiger partial charge in [-0.3, -0.25) is 9.89 Å². The Morgan fingerprint density at radius 2 is 2.28 bits per heavy atom. The van der Waals surface area contributed by atoms with Crippen LogP contribution in [0.5, 0.6) is 0 Å². The van der Waals surface area contributed by atoms with Crippen molar-refractivity contribution in [3.63, 3.8) is 0 Å². The van der Waals surface area contributed by atoms with E-state index in [9.17, 15) is 4.79 Å². The van der Waals surface area contributed by atoms with Crippen LogP contribution in [-0.2, 0) is 17.8 Å². The molecule has 18 heavy (non-hydrogen) atoms. The highest BCUT2D eigenvalue weighted by Gasteiger charge is 2.10. The first-order valence-electron chi connectivity index (χ1n) is 5.61. The molecule has 94 valence electrons. The number of H-pyrrole nitrogens is 1. The molecule has 0 atom stereocenters. The summed E-state index contributed by atoms with van der Waals surface area (Å²) in [6, 6.07) is 7.80.